The van der Waals surface area contributed by atoms with E-state index in [9.17, 15) is 4.79 Å². The molecule has 6 nitrogen and oxygen atoms in total. The number of benzene rings is 1. The lowest BCUT2D eigenvalue weighted by atomic mass is 10.1. The third-order valence-electron chi connectivity index (χ3n) is 2.76. The molecular formula is C14H12N4O2. The number of pyridine rings is 1. The van der Waals surface area contributed by atoms with Gasteiger partial charge in [0.2, 0.25) is 0 Å². The average molecular weight is 268 g/mol. The van der Waals surface area contributed by atoms with Crippen LogP contribution < -0.4 is 11.1 Å². The number of nitrogens with two attached hydrogens (primary N) is 1. The fraction of sp³-hybridized carbons (Fsp3) is 0.0714. The van der Waals surface area contributed by atoms with Crippen molar-refractivity contribution in [3.05, 3.63) is 53.2 Å². The standard InChI is InChI=1S/C14H12N4O2/c15-7-9-1-3-10(4-2-9)8-18-13-12(16)11(14(19)20)5-6-17-13/h1-6H,8,16H2,(H,17,18)(H,19,20). The van der Waals surface area contributed by atoms with Crippen molar-refractivity contribution in [2.75, 3.05) is 11.1 Å². The molecule has 1 heterocycles. The Hall–Kier alpha value is -3.07. The molecule has 2 rings (SSSR count). The molecule has 4 N–H and O–H groups in total. The van der Waals surface area contributed by atoms with Crippen LogP contribution in [-0.4, -0.2) is 16.1 Å². The highest BCUT2D eigenvalue weighted by atomic mass is 16.4. The van der Waals surface area contributed by atoms with E-state index < -0.39 is 5.97 Å². The molecule has 0 spiro atoms. The van der Waals surface area contributed by atoms with Crippen molar-refractivity contribution < 1.29 is 9.90 Å². The second-order valence-electron chi connectivity index (χ2n) is 4.09. The summed E-state index contributed by atoms with van der Waals surface area (Å²) in [6.45, 7) is 0.436. The summed E-state index contributed by atoms with van der Waals surface area (Å²) in [6, 6.07) is 10.4. The summed E-state index contributed by atoms with van der Waals surface area (Å²) in [5.74, 6) is -0.763. The molecule has 2 aromatic rings. The summed E-state index contributed by atoms with van der Waals surface area (Å²) in [4.78, 5) is 15.0. The van der Waals surface area contributed by atoms with Crippen molar-refractivity contribution in [3.63, 3.8) is 0 Å². The van der Waals surface area contributed by atoms with Gasteiger partial charge in [0.15, 0.2) is 0 Å². The lowest BCUT2D eigenvalue weighted by Gasteiger charge is -2.10. The number of nitrogen functional groups attached to an aromatic ring is 1. The van der Waals surface area contributed by atoms with Crippen LogP contribution in [0.3, 0.4) is 0 Å². The van der Waals surface area contributed by atoms with Gasteiger partial charge in [0.05, 0.1) is 22.9 Å². The number of hydrogen-bond acceptors (Lipinski definition) is 5. The number of anilines is 2. The van der Waals surface area contributed by atoms with Crippen molar-refractivity contribution in [2.45, 2.75) is 6.54 Å². The molecule has 6 heteroatoms. The number of aromatic carboxylic acids is 1. The van der Waals surface area contributed by atoms with Gasteiger partial charge in [-0.05, 0) is 23.8 Å². The summed E-state index contributed by atoms with van der Waals surface area (Å²) in [5, 5.41) is 20.7. The monoisotopic (exact) mass is 268 g/mol. The number of hydrogen-bond donors (Lipinski definition) is 3. The first-order chi connectivity index (χ1) is 9.61. The molecular weight excluding hydrogens is 256 g/mol. The van der Waals surface area contributed by atoms with Crippen LogP contribution in [0.2, 0.25) is 0 Å². The largest absolute Gasteiger partial charge is 0.478 e. The highest BCUT2D eigenvalue weighted by Crippen LogP contribution is 2.20. The minimum Gasteiger partial charge on any atom is -0.478 e. The molecule has 0 amide bonds. The molecule has 0 fully saturated rings. The molecule has 0 aliphatic rings. The molecule has 1 aromatic heterocycles. The first-order valence-corrected chi connectivity index (χ1v) is 5.82. The van der Waals surface area contributed by atoms with Crippen LogP contribution >= 0.6 is 0 Å². The quantitative estimate of drug-likeness (QED) is 0.780. The SMILES string of the molecule is N#Cc1ccc(CNc2nccc(C(=O)O)c2N)cc1. The molecule has 0 radical (unpaired) electrons. The zero-order valence-corrected chi connectivity index (χ0v) is 10.5. The van der Waals surface area contributed by atoms with Crippen LogP contribution in [0.5, 0.6) is 0 Å². The summed E-state index contributed by atoms with van der Waals surface area (Å²) in [5.41, 5.74) is 7.39. The minimum absolute atomic E-state index is 0.0160. The Morgan fingerprint density at radius 2 is 2.05 bits per heavy atom. The third kappa shape index (κ3) is 2.84. The Morgan fingerprint density at radius 3 is 2.65 bits per heavy atom. The van der Waals surface area contributed by atoms with E-state index in [0.29, 0.717) is 17.9 Å². The van der Waals surface area contributed by atoms with E-state index in [1.807, 2.05) is 18.2 Å². The first-order valence-electron chi connectivity index (χ1n) is 5.82. The predicted molar refractivity (Wildman–Crippen MR) is 74.1 cm³/mol. The molecule has 0 saturated heterocycles. The number of carbonyl (C=O) groups is 1. The van der Waals surface area contributed by atoms with E-state index in [1.54, 1.807) is 12.1 Å². The Balaban J connectivity index is 2.13. The van der Waals surface area contributed by atoms with E-state index in [1.165, 1.54) is 12.3 Å². The molecule has 0 bridgehead atoms. The van der Waals surface area contributed by atoms with E-state index in [-0.39, 0.29) is 11.3 Å². The van der Waals surface area contributed by atoms with Gasteiger partial charge in [-0.3, -0.25) is 0 Å². The fourth-order valence-corrected chi connectivity index (χ4v) is 1.68. The average Bonchev–Trinajstić information content (AvgIpc) is 2.46. The topological polar surface area (TPSA) is 112 Å². The molecule has 1 aromatic carbocycles. The van der Waals surface area contributed by atoms with Gasteiger partial charge >= 0.3 is 5.97 Å². The fourth-order valence-electron chi connectivity index (χ4n) is 1.68. The smallest absolute Gasteiger partial charge is 0.337 e. The Bertz CT molecular complexity index is 675. The first kappa shape index (κ1) is 13.4. The van der Waals surface area contributed by atoms with Crippen LogP contribution in [0, 0.1) is 11.3 Å². The van der Waals surface area contributed by atoms with Gasteiger partial charge in [-0.1, -0.05) is 12.1 Å². The van der Waals surface area contributed by atoms with Crippen LogP contribution in [0.25, 0.3) is 0 Å². The molecule has 0 aliphatic carbocycles. The minimum atomic E-state index is -1.09. The van der Waals surface area contributed by atoms with Crippen molar-refractivity contribution in [2.24, 2.45) is 0 Å². The molecule has 0 atom stereocenters. The number of carboxylic acid groups (broad SMARTS) is 1. The number of carboxylic acids is 1. The number of nitrogens with zero attached hydrogens (tertiary/aromatic N) is 2. The van der Waals surface area contributed by atoms with Crippen molar-refractivity contribution in [3.8, 4) is 6.07 Å². The second-order valence-corrected chi connectivity index (χ2v) is 4.09. The van der Waals surface area contributed by atoms with Crippen molar-refractivity contribution in [1.29, 1.82) is 5.26 Å². The van der Waals surface area contributed by atoms with Gasteiger partial charge < -0.3 is 16.2 Å². The highest BCUT2D eigenvalue weighted by Gasteiger charge is 2.11. The van der Waals surface area contributed by atoms with Gasteiger partial charge in [-0.15, -0.1) is 0 Å². The summed E-state index contributed by atoms with van der Waals surface area (Å²) >= 11 is 0. The van der Waals surface area contributed by atoms with Gasteiger partial charge in [0.1, 0.15) is 5.82 Å². The predicted octanol–water partition coefficient (Wildman–Crippen LogP) is 1.85. The van der Waals surface area contributed by atoms with E-state index >= 15 is 0 Å². The maximum atomic E-state index is 11.0. The summed E-state index contributed by atoms with van der Waals surface area (Å²) in [6.07, 6.45) is 1.39. The Kier molecular flexibility index (Phi) is 3.82. The van der Waals surface area contributed by atoms with Crippen molar-refractivity contribution >= 4 is 17.5 Å². The Morgan fingerprint density at radius 1 is 1.35 bits per heavy atom. The van der Waals surface area contributed by atoms with Crippen LogP contribution in [0.1, 0.15) is 21.5 Å². The normalized spacial score (nSPS) is 9.75. The van der Waals surface area contributed by atoms with Crippen LogP contribution in [-0.2, 0) is 6.54 Å². The molecule has 0 saturated carbocycles. The maximum absolute atomic E-state index is 11.0. The number of aromatic nitrogens is 1. The number of nitrogens with one attached hydrogen (secondary N) is 1. The number of nitriles is 1. The van der Waals surface area contributed by atoms with Crippen molar-refractivity contribution in [1.82, 2.24) is 4.98 Å². The maximum Gasteiger partial charge on any atom is 0.337 e. The molecule has 0 aliphatic heterocycles. The zero-order chi connectivity index (χ0) is 14.5. The Labute approximate surface area is 115 Å². The van der Waals surface area contributed by atoms with Gasteiger partial charge in [-0.25, -0.2) is 9.78 Å². The highest BCUT2D eigenvalue weighted by molar-refractivity contribution is 5.96. The van der Waals surface area contributed by atoms with E-state index in [4.69, 9.17) is 16.1 Å². The third-order valence-corrected chi connectivity index (χ3v) is 2.76. The van der Waals surface area contributed by atoms with Gasteiger partial charge in [0.25, 0.3) is 0 Å². The van der Waals surface area contributed by atoms with Gasteiger partial charge in [0, 0.05) is 12.7 Å². The van der Waals surface area contributed by atoms with Crippen LogP contribution in [0.15, 0.2) is 36.5 Å². The molecule has 20 heavy (non-hydrogen) atoms. The zero-order valence-electron chi connectivity index (χ0n) is 10.5. The van der Waals surface area contributed by atoms with Crippen LogP contribution in [0.4, 0.5) is 11.5 Å². The lowest BCUT2D eigenvalue weighted by molar-refractivity contribution is 0.0698. The number of rotatable bonds is 4. The summed E-state index contributed by atoms with van der Waals surface area (Å²) in [7, 11) is 0. The van der Waals surface area contributed by atoms with E-state index in [2.05, 4.69) is 10.3 Å². The van der Waals surface area contributed by atoms with Gasteiger partial charge in [-0.2, -0.15) is 5.26 Å². The second kappa shape index (κ2) is 5.71. The van der Waals surface area contributed by atoms with E-state index in [0.717, 1.165) is 5.56 Å². The summed E-state index contributed by atoms with van der Waals surface area (Å²) < 4.78 is 0. The lowest BCUT2D eigenvalue weighted by Crippen LogP contribution is -2.09. The molecule has 100 valence electrons. The molecule has 0 unspecified atom stereocenters.